The van der Waals surface area contributed by atoms with Gasteiger partial charge in [-0.1, -0.05) is 54.6 Å². The predicted octanol–water partition coefficient (Wildman–Crippen LogP) is 1.17. The van der Waals surface area contributed by atoms with Gasteiger partial charge in [-0.2, -0.15) is 0 Å². The quantitative estimate of drug-likeness (QED) is 0.584. The van der Waals surface area contributed by atoms with Crippen LogP contribution in [0.1, 0.15) is 23.1 Å². The van der Waals surface area contributed by atoms with Crippen LogP contribution in [0.25, 0.3) is 6.08 Å². The number of carbonyl (C=O) groups excluding carboxylic acids is 2. The monoisotopic (exact) mass is 366 g/mol. The molecule has 0 aliphatic rings. The van der Waals surface area contributed by atoms with E-state index in [1.165, 1.54) is 16.5 Å². The molecule has 0 fully saturated rings. The summed E-state index contributed by atoms with van der Waals surface area (Å²) in [6.07, 6.45) is 3.48. The maximum absolute atomic E-state index is 12.0. The third-order valence-corrected chi connectivity index (χ3v) is 4.02. The van der Waals surface area contributed by atoms with Crippen LogP contribution in [-0.4, -0.2) is 32.5 Å². The normalized spacial score (nSPS) is 10.9. The van der Waals surface area contributed by atoms with Gasteiger partial charge in [0, 0.05) is 31.1 Å². The number of benzene rings is 2. The molecule has 0 aromatic heterocycles. The average molecular weight is 366 g/mol. The van der Waals surface area contributed by atoms with Gasteiger partial charge in [-0.25, -0.2) is 0 Å². The zero-order valence-corrected chi connectivity index (χ0v) is 16.0. The molecule has 0 aliphatic heterocycles. The molecule has 2 rings (SSSR count). The zero-order chi connectivity index (χ0) is 19.5. The molecule has 2 aromatic carbocycles. The van der Waals surface area contributed by atoms with Gasteiger partial charge >= 0.3 is 0 Å². The Morgan fingerprint density at radius 3 is 2.30 bits per heavy atom. The number of amides is 2. The van der Waals surface area contributed by atoms with Gasteiger partial charge in [0.25, 0.3) is 0 Å². The Kier molecular flexibility index (Phi) is 8.26. The number of hydrogen-bond donors (Lipinski definition) is 3. The molecule has 0 unspecified atom stereocenters. The molecule has 0 aliphatic carbocycles. The van der Waals surface area contributed by atoms with Gasteiger partial charge in [0.15, 0.2) is 0 Å². The molecule has 0 spiro atoms. The molecule has 0 atom stereocenters. The summed E-state index contributed by atoms with van der Waals surface area (Å²) in [5, 5.41) is 5.66. The number of quaternary nitrogens is 1. The minimum absolute atomic E-state index is 0.0747. The minimum Gasteiger partial charge on any atom is -0.352 e. The summed E-state index contributed by atoms with van der Waals surface area (Å²) in [5.41, 5.74) is 3.32. The van der Waals surface area contributed by atoms with Crippen LogP contribution < -0.4 is 15.5 Å². The largest absolute Gasteiger partial charge is 0.352 e. The van der Waals surface area contributed by atoms with Crippen LogP contribution >= 0.6 is 0 Å². The zero-order valence-electron chi connectivity index (χ0n) is 16.0. The molecule has 2 aromatic rings. The molecule has 5 heteroatoms. The van der Waals surface area contributed by atoms with Gasteiger partial charge < -0.3 is 15.5 Å². The van der Waals surface area contributed by atoms with Gasteiger partial charge in [0.2, 0.25) is 11.8 Å². The first-order valence-electron chi connectivity index (χ1n) is 9.18. The maximum Gasteiger partial charge on any atom is 0.244 e. The lowest BCUT2D eigenvalue weighted by Crippen LogP contribution is -3.04. The van der Waals surface area contributed by atoms with Gasteiger partial charge in [0.1, 0.15) is 6.54 Å². The van der Waals surface area contributed by atoms with E-state index < -0.39 is 0 Å². The Labute approximate surface area is 161 Å². The third kappa shape index (κ3) is 7.88. The smallest absolute Gasteiger partial charge is 0.244 e. The number of hydrogen-bond acceptors (Lipinski definition) is 2. The molecule has 5 nitrogen and oxygen atoms in total. The van der Waals surface area contributed by atoms with E-state index in [0.717, 1.165) is 17.7 Å². The second-order valence-electron chi connectivity index (χ2n) is 6.71. The first-order chi connectivity index (χ1) is 13.0. The summed E-state index contributed by atoms with van der Waals surface area (Å²) in [7, 11) is 4.20. The van der Waals surface area contributed by atoms with Crippen LogP contribution in [0.3, 0.4) is 0 Å². The van der Waals surface area contributed by atoms with Crippen LogP contribution in [0.5, 0.6) is 0 Å². The Balaban J connectivity index is 1.71. The van der Waals surface area contributed by atoms with E-state index in [1.807, 2.05) is 48.5 Å². The highest BCUT2D eigenvalue weighted by atomic mass is 16.2. The average Bonchev–Trinajstić information content (AvgIpc) is 2.66. The van der Waals surface area contributed by atoms with Crippen molar-refractivity contribution in [3.8, 4) is 0 Å². The number of carbonyl (C=O) groups is 2. The third-order valence-electron chi connectivity index (χ3n) is 4.02. The van der Waals surface area contributed by atoms with E-state index in [0.29, 0.717) is 13.1 Å². The lowest BCUT2D eigenvalue weighted by molar-refractivity contribution is -0.872. The minimum atomic E-state index is -0.203. The highest BCUT2D eigenvalue weighted by Gasteiger charge is 2.07. The van der Waals surface area contributed by atoms with Gasteiger partial charge in [0.05, 0.1) is 14.1 Å². The van der Waals surface area contributed by atoms with E-state index in [9.17, 15) is 9.59 Å². The Morgan fingerprint density at radius 2 is 1.59 bits per heavy atom. The summed E-state index contributed by atoms with van der Waals surface area (Å²) in [5.74, 6) is -0.278. The van der Waals surface area contributed by atoms with Crippen molar-refractivity contribution in [1.29, 1.82) is 0 Å². The fourth-order valence-electron chi connectivity index (χ4n) is 2.66. The summed E-state index contributed by atoms with van der Waals surface area (Å²) < 4.78 is 0. The van der Waals surface area contributed by atoms with E-state index in [-0.39, 0.29) is 18.2 Å². The topological polar surface area (TPSA) is 62.6 Å². The lowest BCUT2D eigenvalue weighted by atomic mass is 10.1. The Morgan fingerprint density at radius 1 is 0.926 bits per heavy atom. The van der Waals surface area contributed by atoms with Crippen molar-refractivity contribution >= 4 is 17.9 Å². The van der Waals surface area contributed by atoms with Crippen LogP contribution in [0.2, 0.25) is 0 Å². The first-order valence-corrected chi connectivity index (χ1v) is 9.18. The van der Waals surface area contributed by atoms with E-state index >= 15 is 0 Å². The highest BCUT2D eigenvalue weighted by molar-refractivity contribution is 5.92. The molecule has 0 saturated heterocycles. The van der Waals surface area contributed by atoms with E-state index in [2.05, 4.69) is 30.8 Å². The predicted molar refractivity (Wildman–Crippen MR) is 108 cm³/mol. The first kappa shape index (κ1) is 20.4. The molecule has 142 valence electrons. The Hall–Kier alpha value is -2.92. The fourth-order valence-corrected chi connectivity index (χ4v) is 2.66. The molecule has 0 heterocycles. The number of rotatable bonds is 9. The van der Waals surface area contributed by atoms with Crippen LogP contribution in [0.4, 0.5) is 0 Å². The molecule has 0 radical (unpaired) electrons. The van der Waals surface area contributed by atoms with E-state index in [4.69, 9.17) is 0 Å². The molecular formula is C22H28N3O2+. The fraction of sp³-hybridized carbons (Fsp3) is 0.273. The van der Waals surface area contributed by atoms with Crippen LogP contribution in [0, 0.1) is 0 Å². The standard InChI is InChI=1S/C22H27N3O2/c1-25(2)17-20-11-7-6-10-19(20)16-24-22(27)14-15-23-21(26)13-12-18-8-4-3-5-9-18/h3-13H,14-17H2,1-2H3,(H,23,26)(H,24,27)/p+1/b13-12+. The number of nitrogens with one attached hydrogen (secondary N) is 3. The highest BCUT2D eigenvalue weighted by Crippen LogP contribution is 2.07. The van der Waals surface area contributed by atoms with Crippen molar-refractivity contribution in [2.75, 3.05) is 20.6 Å². The van der Waals surface area contributed by atoms with Crippen LogP contribution in [-0.2, 0) is 22.7 Å². The maximum atomic E-state index is 12.0. The van der Waals surface area contributed by atoms with Crippen molar-refractivity contribution < 1.29 is 14.5 Å². The summed E-state index contributed by atoms with van der Waals surface area (Å²) in [6.45, 7) is 1.73. The van der Waals surface area contributed by atoms with Gasteiger partial charge in [-0.3, -0.25) is 9.59 Å². The van der Waals surface area contributed by atoms with Crippen molar-refractivity contribution in [3.05, 3.63) is 77.4 Å². The summed E-state index contributed by atoms with van der Waals surface area (Å²) in [6, 6.07) is 17.7. The van der Waals surface area contributed by atoms with Crippen molar-refractivity contribution in [3.63, 3.8) is 0 Å². The van der Waals surface area contributed by atoms with Gasteiger partial charge in [-0.05, 0) is 17.2 Å². The SMILES string of the molecule is C[NH+](C)Cc1ccccc1CNC(=O)CCNC(=O)/C=C/c1ccccc1. The summed E-state index contributed by atoms with van der Waals surface area (Å²) in [4.78, 5) is 25.2. The Bertz CT molecular complexity index is 770. The van der Waals surface area contributed by atoms with Crippen molar-refractivity contribution in [1.82, 2.24) is 10.6 Å². The van der Waals surface area contributed by atoms with Crippen molar-refractivity contribution in [2.45, 2.75) is 19.5 Å². The molecular weight excluding hydrogens is 338 g/mol. The van der Waals surface area contributed by atoms with Crippen molar-refractivity contribution in [2.24, 2.45) is 0 Å². The second-order valence-corrected chi connectivity index (χ2v) is 6.71. The lowest BCUT2D eigenvalue weighted by Gasteiger charge is -2.13. The van der Waals surface area contributed by atoms with Gasteiger partial charge in [-0.15, -0.1) is 0 Å². The molecule has 2 amide bonds. The molecule has 27 heavy (non-hydrogen) atoms. The molecule has 0 bridgehead atoms. The molecule has 0 saturated carbocycles. The summed E-state index contributed by atoms with van der Waals surface area (Å²) >= 11 is 0. The molecule has 3 N–H and O–H groups in total. The second kappa shape index (κ2) is 10.9. The van der Waals surface area contributed by atoms with Crippen LogP contribution in [0.15, 0.2) is 60.7 Å². The van der Waals surface area contributed by atoms with E-state index in [1.54, 1.807) is 6.08 Å².